The van der Waals surface area contributed by atoms with Gasteiger partial charge in [-0.1, -0.05) is 39.0 Å². The molecule has 0 atom stereocenters. The number of rotatable bonds is 2. The number of carbonyl (C=O) groups excluding carboxylic acids is 1. The SMILES string of the molecule is CC(C)(C)c1ccc(C(=O)NC(=S)Nc2c(Br)cccc2Br)cc1. The molecule has 0 saturated heterocycles. The Morgan fingerprint density at radius 3 is 2.04 bits per heavy atom. The molecule has 0 saturated carbocycles. The van der Waals surface area contributed by atoms with E-state index in [9.17, 15) is 4.79 Å². The third-order valence-electron chi connectivity index (χ3n) is 3.44. The van der Waals surface area contributed by atoms with Crippen molar-refractivity contribution in [1.29, 1.82) is 0 Å². The van der Waals surface area contributed by atoms with Crippen LogP contribution in [0.15, 0.2) is 51.4 Å². The molecule has 0 spiro atoms. The predicted molar refractivity (Wildman–Crippen MR) is 111 cm³/mol. The Hall–Kier alpha value is -1.24. The molecule has 1 amide bonds. The van der Waals surface area contributed by atoms with Crippen molar-refractivity contribution in [3.63, 3.8) is 0 Å². The number of thiocarbonyl (C=S) groups is 1. The monoisotopic (exact) mass is 468 g/mol. The van der Waals surface area contributed by atoms with E-state index in [-0.39, 0.29) is 16.4 Å². The van der Waals surface area contributed by atoms with Gasteiger partial charge in [-0.3, -0.25) is 10.1 Å². The number of amides is 1. The highest BCUT2D eigenvalue weighted by Crippen LogP contribution is 2.30. The summed E-state index contributed by atoms with van der Waals surface area (Å²) in [6, 6.07) is 13.2. The first-order chi connectivity index (χ1) is 11.2. The third-order valence-corrected chi connectivity index (χ3v) is 4.97. The fraction of sp³-hybridized carbons (Fsp3) is 0.222. The van der Waals surface area contributed by atoms with Crippen molar-refractivity contribution in [1.82, 2.24) is 5.32 Å². The fourth-order valence-electron chi connectivity index (χ4n) is 2.06. The van der Waals surface area contributed by atoms with Gasteiger partial charge in [-0.2, -0.15) is 0 Å². The summed E-state index contributed by atoms with van der Waals surface area (Å²) in [6.07, 6.45) is 0. The molecule has 6 heteroatoms. The molecular weight excluding hydrogens is 452 g/mol. The maximum absolute atomic E-state index is 12.3. The maximum Gasteiger partial charge on any atom is 0.257 e. The van der Waals surface area contributed by atoms with Crippen LogP contribution in [-0.2, 0) is 5.41 Å². The van der Waals surface area contributed by atoms with E-state index in [2.05, 4.69) is 63.3 Å². The summed E-state index contributed by atoms with van der Waals surface area (Å²) in [5.41, 5.74) is 2.57. The van der Waals surface area contributed by atoms with Gasteiger partial charge in [-0.25, -0.2) is 0 Å². The number of carbonyl (C=O) groups is 1. The van der Waals surface area contributed by atoms with Crippen LogP contribution in [0, 0.1) is 0 Å². The Bertz CT molecular complexity index is 747. The summed E-state index contributed by atoms with van der Waals surface area (Å²) in [7, 11) is 0. The van der Waals surface area contributed by atoms with Gasteiger partial charge in [0.05, 0.1) is 5.69 Å². The van der Waals surface area contributed by atoms with Crippen LogP contribution in [0.4, 0.5) is 5.69 Å². The van der Waals surface area contributed by atoms with Gasteiger partial charge < -0.3 is 5.32 Å². The Balaban J connectivity index is 2.05. The molecule has 2 aromatic carbocycles. The van der Waals surface area contributed by atoms with E-state index >= 15 is 0 Å². The van der Waals surface area contributed by atoms with E-state index in [1.54, 1.807) is 0 Å². The van der Waals surface area contributed by atoms with Crippen molar-refractivity contribution in [2.24, 2.45) is 0 Å². The molecule has 126 valence electrons. The minimum atomic E-state index is -0.240. The summed E-state index contributed by atoms with van der Waals surface area (Å²) in [5, 5.41) is 5.96. The number of anilines is 1. The van der Waals surface area contributed by atoms with Crippen LogP contribution in [0.2, 0.25) is 0 Å². The molecule has 0 unspecified atom stereocenters. The summed E-state index contributed by atoms with van der Waals surface area (Å²) in [6.45, 7) is 6.41. The molecule has 0 aliphatic carbocycles. The van der Waals surface area contributed by atoms with Crippen molar-refractivity contribution in [3.05, 3.63) is 62.5 Å². The fourth-order valence-corrected chi connectivity index (χ4v) is 3.45. The standard InChI is InChI=1S/C18H18Br2N2OS/c1-18(2,3)12-9-7-11(8-10-12)16(23)22-17(24)21-15-13(19)5-4-6-14(15)20/h4-10H,1-3H3,(H2,21,22,23,24). The summed E-state index contributed by atoms with van der Waals surface area (Å²) < 4.78 is 1.70. The predicted octanol–water partition coefficient (Wildman–Crippen LogP) is 5.64. The number of hydrogen-bond acceptors (Lipinski definition) is 2. The zero-order valence-electron chi connectivity index (χ0n) is 13.6. The van der Waals surface area contributed by atoms with E-state index in [0.717, 1.165) is 14.6 Å². The van der Waals surface area contributed by atoms with Crippen LogP contribution < -0.4 is 10.6 Å². The van der Waals surface area contributed by atoms with Crippen molar-refractivity contribution >= 4 is 60.8 Å². The topological polar surface area (TPSA) is 41.1 Å². The summed E-state index contributed by atoms with van der Waals surface area (Å²) in [5.74, 6) is -0.240. The number of halogens is 2. The van der Waals surface area contributed by atoms with E-state index in [1.807, 2.05) is 42.5 Å². The van der Waals surface area contributed by atoms with Crippen LogP contribution in [0.3, 0.4) is 0 Å². The van der Waals surface area contributed by atoms with Crippen molar-refractivity contribution in [2.75, 3.05) is 5.32 Å². The quantitative estimate of drug-likeness (QED) is 0.559. The molecule has 0 aliphatic heterocycles. The van der Waals surface area contributed by atoms with Gasteiger partial charge in [-0.15, -0.1) is 0 Å². The molecule has 0 fully saturated rings. The minimum Gasteiger partial charge on any atom is -0.331 e. The number of nitrogens with one attached hydrogen (secondary N) is 2. The molecule has 0 heterocycles. The lowest BCUT2D eigenvalue weighted by Gasteiger charge is -2.19. The number of benzene rings is 2. The van der Waals surface area contributed by atoms with Gasteiger partial charge in [0.15, 0.2) is 5.11 Å². The Morgan fingerprint density at radius 1 is 1.00 bits per heavy atom. The van der Waals surface area contributed by atoms with Gasteiger partial charge in [0.1, 0.15) is 0 Å². The Labute approximate surface area is 164 Å². The highest BCUT2D eigenvalue weighted by molar-refractivity contribution is 9.11. The Kier molecular flexibility index (Phi) is 6.17. The lowest BCUT2D eigenvalue weighted by atomic mass is 9.87. The van der Waals surface area contributed by atoms with Gasteiger partial charge >= 0.3 is 0 Å². The van der Waals surface area contributed by atoms with E-state index in [4.69, 9.17) is 12.2 Å². The zero-order chi connectivity index (χ0) is 17.9. The largest absolute Gasteiger partial charge is 0.331 e. The van der Waals surface area contributed by atoms with Crippen molar-refractivity contribution in [3.8, 4) is 0 Å². The van der Waals surface area contributed by atoms with E-state index in [1.165, 1.54) is 5.56 Å². The van der Waals surface area contributed by atoms with Crippen LogP contribution in [-0.4, -0.2) is 11.0 Å². The van der Waals surface area contributed by atoms with E-state index < -0.39 is 0 Å². The second kappa shape index (κ2) is 7.76. The number of para-hydroxylation sites is 1. The molecule has 2 rings (SSSR count). The summed E-state index contributed by atoms with van der Waals surface area (Å²) in [4.78, 5) is 12.3. The third kappa shape index (κ3) is 4.88. The second-order valence-corrected chi connectivity index (χ2v) is 8.45. The van der Waals surface area contributed by atoms with Gasteiger partial charge in [0.2, 0.25) is 0 Å². The van der Waals surface area contributed by atoms with Crippen LogP contribution in [0.1, 0.15) is 36.7 Å². The average Bonchev–Trinajstić information content (AvgIpc) is 2.50. The van der Waals surface area contributed by atoms with Gasteiger partial charge in [0.25, 0.3) is 5.91 Å². The molecule has 2 N–H and O–H groups in total. The first-order valence-corrected chi connectivity index (χ1v) is 9.35. The second-order valence-electron chi connectivity index (χ2n) is 6.33. The zero-order valence-corrected chi connectivity index (χ0v) is 17.6. The van der Waals surface area contributed by atoms with Crippen LogP contribution in [0.5, 0.6) is 0 Å². The average molecular weight is 470 g/mol. The first-order valence-electron chi connectivity index (χ1n) is 7.35. The van der Waals surface area contributed by atoms with Crippen molar-refractivity contribution < 1.29 is 4.79 Å². The van der Waals surface area contributed by atoms with Crippen LogP contribution in [0.25, 0.3) is 0 Å². The van der Waals surface area contributed by atoms with Crippen molar-refractivity contribution in [2.45, 2.75) is 26.2 Å². The normalized spacial score (nSPS) is 11.0. The first kappa shape index (κ1) is 19.1. The lowest BCUT2D eigenvalue weighted by Crippen LogP contribution is -2.34. The summed E-state index contributed by atoms with van der Waals surface area (Å²) >= 11 is 12.1. The van der Waals surface area contributed by atoms with Crippen LogP contribution >= 0.6 is 44.1 Å². The molecule has 0 aliphatic rings. The maximum atomic E-state index is 12.3. The highest BCUT2D eigenvalue weighted by atomic mass is 79.9. The number of hydrogen-bond donors (Lipinski definition) is 2. The molecule has 24 heavy (non-hydrogen) atoms. The Morgan fingerprint density at radius 2 is 1.54 bits per heavy atom. The smallest absolute Gasteiger partial charge is 0.257 e. The van der Waals surface area contributed by atoms with Gasteiger partial charge in [0, 0.05) is 14.5 Å². The molecule has 0 radical (unpaired) electrons. The minimum absolute atomic E-state index is 0.0533. The molecule has 0 aromatic heterocycles. The highest BCUT2D eigenvalue weighted by Gasteiger charge is 2.15. The molecule has 2 aromatic rings. The lowest BCUT2D eigenvalue weighted by molar-refractivity contribution is 0.0977. The molecule has 0 bridgehead atoms. The molecular formula is C18H18Br2N2OS. The van der Waals surface area contributed by atoms with Gasteiger partial charge in [-0.05, 0) is 79.3 Å². The van der Waals surface area contributed by atoms with E-state index in [0.29, 0.717) is 5.56 Å². The molecule has 3 nitrogen and oxygen atoms in total.